The molecule has 0 radical (unpaired) electrons. The van der Waals surface area contributed by atoms with Crippen molar-refractivity contribution in [3.05, 3.63) is 0 Å². The predicted molar refractivity (Wildman–Crippen MR) is 31.2 cm³/mol. The lowest BCUT2D eigenvalue weighted by atomic mass is 10.7. The topological polar surface area (TPSA) is 69.9 Å². The number of hydrogen-bond acceptors (Lipinski definition) is 4. The lowest BCUT2D eigenvalue weighted by Gasteiger charge is -1.87. The third-order valence-corrected chi connectivity index (χ3v) is 1.00. The van der Waals surface area contributed by atoms with Crippen molar-refractivity contribution in [3.8, 4) is 0 Å². The first-order chi connectivity index (χ1) is 3.72. The third-order valence-electron chi connectivity index (χ3n) is 0.473. The molecule has 5 heteroatoms. The highest BCUT2D eigenvalue weighted by Gasteiger charge is 2.05. The second kappa shape index (κ2) is 3.45. The minimum absolute atomic E-state index is 0.128. The van der Waals surface area contributed by atoms with E-state index < -0.39 is 5.97 Å². The van der Waals surface area contributed by atoms with Gasteiger partial charge in [0, 0.05) is 7.05 Å². The van der Waals surface area contributed by atoms with Crippen LogP contribution < -0.4 is 0 Å². The molecule has 0 bridgehead atoms. The normalized spacial score (nSPS) is 11.5. The fraction of sp³-hybridized carbons (Fsp3) is 0.333. The molecule has 0 saturated heterocycles. The van der Waals surface area contributed by atoms with Crippen molar-refractivity contribution < 1.29 is 14.5 Å². The van der Waals surface area contributed by atoms with Gasteiger partial charge in [-0.3, -0.25) is 4.99 Å². The third kappa shape index (κ3) is 1.94. The molecule has 0 unspecified atom stereocenters. The van der Waals surface area contributed by atoms with E-state index in [-0.39, 0.29) is 17.1 Å². The van der Waals surface area contributed by atoms with Gasteiger partial charge in [0.1, 0.15) is 0 Å². The quantitative estimate of drug-likeness (QED) is 0.285. The van der Waals surface area contributed by atoms with E-state index in [4.69, 9.17) is 9.66 Å². The number of aliphatic carboxylic acids is 1. The summed E-state index contributed by atoms with van der Waals surface area (Å²) in [5.74, 6) is -1.21. The van der Waals surface area contributed by atoms with Gasteiger partial charge in [-0.05, 0) is 0 Å². The highest BCUT2D eigenvalue weighted by molar-refractivity contribution is 8.10. The van der Waals surface area contributed by atoms with Crippen LogP contribution in [-0.2, 0) is 4.79 Å². The van der Waals surface area contributed by atoms with Crippen LogP contribution in [0.2, 0.25) is 0 Å². The monoisotopic (exact) mass is 135 g/mol. The van der Waals surface area contributed by atoms with Crippen LogP contribution >= 0.6 is 12.0 Å². The second-order valence-electron chi connectivity index (χ2n) is 0.925. The summed E-state index contributed by atoms with van der Waals surface area (Å²) in [6.45, 7) is 0. The first-order valence-electron chi connectivity index (χ1n) is 1.74. The van der Waals surface area contributed by atoms with Crippen LogP contribution in [-0.4, -0.2) is 27.7 Å². The van der Waals surface area contributed by atoms with Gasteiger partial charge in [-0.1, -0.05) is 0 Å². The van der Waals surface area contributed by atoms with E-state index in [0.29, 0.717) is 0 Å². The van der Waals surface area contributed by atoms with Crippen LogP contribution in [0.3, 0.4) is 0 Å². The molecule has 0 amide bonds. The van der Waals surface area contributed by atoms with Crippen LogP contribution in [0.15, 0.2) is 4.99 Å². The lowest BCUT2D eigenvalue weighted by molar-refractivity contribution is -0.129. The number of hydrogen-bond donors (Lipinski definition) is 2. The molecule has 0 aliphatic carbocycles. The Labute approximate surface area is 50.4 Å². The fourth-order valence-corrected chi connectivity index (χ4v) is 0.335. The molecule has 4 nitrogen and oxygen atoms in total. The molecule has 0 spiro atoms. The maximum Gasteiger partial charge on any atom is 0.363 e. The molecule has 0 atom stereocenters. The lowest BCUT2D eigenvalue weighted by Crippen LogP contribution is -2.07. The number of rotatable bonds is 0. The van der Waals surface area contributed by atoms with Gasteiger partial charge in [0.25, 0.3) is 0 Å². The molecule has 46 valence electrons. The van der Waals surface area contributed by atoms with Crippen molar-refractivity contribution in [1.82, 2.24) is 0 Å². The van der Waals surface area contributed by atoms with Crippen molar-refractivity contribution >= 4 is 23.1 Å². The Kier molecular flexibility index (Phi) is 3.21. The molecule has 0 rings (SSSR count). The van der Waals surface area contributed by atoms with E-state index in [9.17, 15) is 4.79 Å². The SMILES string of the molecule is C/N=C(\SO)C(=O)O. The smallest absolute Gasteiger partial charge is 0.363 e. The number of nitrogens with zero attached hydrogens (tertiary/aromatic N) is 1. The van der Waals surface area contributed by atoms with Gasteiger partial charge in [-0.2, -0.15) is 0 Å². The molecule has 0 aromatic rings. The van der Waals surface area contributed by atoms with Crippen molar-refractivity contribution in [1.29, 1.82) is 0 Å². The average Bonchev–Trinajstić information content (AvgIpc) is 1.69. The van der Waals surface area contributed by atoms with Crippen LogP contribution in [0.5, 0.6) is 0 Å². The summed E-state index contributed by atoms with van der Waals surface area (Å²) in [6, 6.07) is 0. The van der Waals surface area contributed by atoms with E-state index in [2.05, 4.69) is 4.99 Å². The number of aliphatic imine (C=N–C) groups is 1. The summed E-state index contributed by atoms with van der Waals surface area (Å²) in [6.07, 6.45) is 0. The van der Waals surface area contributed by atoms with Crippen LogP contribution in [0.25, 0.3) is 0 Å². The second-order valence-corrected chi connectivity index (χ2v) is 1.49. The molecular formula is C3H5NO3S. The molecule has 0 heterocycles. The molecule has 0 fully saturated rings. The Morgan fingerprint density at radius 1 is 1.75 bits per heavy atom. The number of carboxylic acid groups (broad SMARTS) is 1. The van der Waals surface area contributed by atoms with Crippen LogP contribution in [0, 0.1) is 0 Å². The zero-order valence-corrected chi connectivity index (χ0v) is 4.97. The van der Waals surface area contributed by atoms with E-state index >= 15 is 0 Å². The standard InChI is InChI=1S/C3H5NO3S/c1-4-2(8-7)3(5)6/h7H,1H3,(H,5,6)/b4-2-. The van der Waals surface area contributed by atoms with Crippen molar-refractivity contribution in [2.45, 2.75) is 0 Å². The van der Waals surface area contributed by atoms with E-state index in [1.807, 2.05) is 0 Å². The first kappa shape index (κ1) is 7.45. The summed E-state index contributed by atoms with van der Waals surface area (Å²) >= 11 is 0.128. The molecule has 0 aliphatic rings. The highest BCUT2D eigenvalue weighted by atomic mass is 32.2. The van der Waals surface area contributed by atoms with Gasteiger partial charge in [0.2, 0.25) is 5.04 Å². The van der Waals surface area contributed by atoms with Crippen LogP contribution in [0.1, 0.15) is 0 Å². The Hall–Kier alpha value is -0.550. The average molecular weight is 135 g/mol. The van der Waals surface area contributed by atoms with Crippen molar-refractivity contribution in [3.63, 3.8) is 0 Å². The van der Waals surface area contributed by atoms with Crippen LogP contribution in [0.4, 0.5) is 0 Å². The summed E-state index contributed by atoms with van der Waals surface area (Å²) < 4.78 is 8.10. The molecule has 0 aromatic carbocycles. The van der Waals surface area contributed by atoms with Gasteiger partial charge in [-0.15, -0.1) is 0 Å². The molecule has 8 heavy (non-hydrogen) atoms. The largest absolute Gasteiger partial charge is 0.476 e. The maximum absolute atomic E-state index is 9.85. The fourth-order valence-electron chi connectivity index (χ4n) is 0.176. The van der Waals surface area contributed by atoms with E-state index in [1.165, 1.54) is 7.05 Å². The minimum Gasteiger partial charge on any atom is -0.476 e. The summed E-state index contributed by atoms with van der Waals surface area (Å²) in [5, 5.41) is 7.76. The number of carbonyl (C=O) groups is 1. The van der Waals surface area contributed by atoms with Gasteiger partial charge in [0.05, 0.1) is 12.0 Å². The highest BCUT2D eigenvalue weighted by Crippen LogP contribution is 1.95. The minimum atomic E-state index is -1.21. The zero-order valence-electron chi connectivity index (χ0n) is 4.16. The Bertz CT molecular complexity index is 122. The number of carboxylic acids is 1. The van der Waals surface area contributed by atoms with E-state index in [1.54, 1.807) is 0 Å². The molecule has 2 N–H and O–H groups in total. The summed E-state index contributed by atoms with van der Waals surface area (Å²) in [4.78, 5) is 13.1. The Morgan fingerprint density at radius 2 is 2.25 bits per heavy atom. The Balaban J connectivity index is 3.92. The molecular weight excluding hydrogens is 130 g/mol. The van der Waals surface area contributed by atoms with Gasteiger partial charge >= 0.3 is 5.97 Å². The van der Waals surface area contributed by atoms with Gasteiger partial charge in [0.15, 0.2) is 0 Å². The van der Waals surface area contributed by atoms with Gasteiger partial charge < -0.3 is 9.66 Å². The van der Waals surface area contributed by atoms with E-state index in [0.717, 1.165) is 0 Å². The van der Waals surface area contributed by atoms with Crippen molar-refractivity contribution in [2.24, 2.45) is 4.99 Å². The van der Waals surface area contributed by atoms with Gasteiger partial charge in [-0.25, -0.2) is 4.79 Å². The molecule has 0 aromatic heterocycles. The molecule has 0 saturated carbocycles. The predicted octanol–water partition coefficient (Wildman–Crippen LogP) is 0.305. The zero-order chi connectivity index (χ0) is 6.57. The maximum atomic E-state index is 9.85. The molecule has 0 aliphatic heterocycles. The van der Waals surface area contributed by atoms with Crippen molar-refractivity contribution in [2.75, 3.05) is 7.05 Å². The first-order valence-corrected chi connectivity index (χ1v) is 2.51. The Morgan fingerprint density at radius 3 is 2.25 bits per heavy atom. The summed E-state index contributed by atoms with van der Waals surface area (Å²) in [7, 11) is 1.30. The summed E-state index contributed by atoms with van der Waals surface area (Å²) in [5.41, 5.74) is 0.